The zero-order valence-electron chi connectivity index (χ0n) is 13.8. The molecule has 126 valence electrons. The number of aryl methyl sites for hydroxylation is 1. The van der Waals surface area contributed by atoms with Crippen LogP contribution in [0.1, 0.15) is 25.6 Å². The van der Waals surface area contributed by atoms with Gasteiger partial charge < -0.3 is 9.47 Å². The molecule has 0 fully saturated rings. The lowest BCUT2D eigenvalue weighted by molar-refractivity contribution is 0.405. The second kappa shape index (κ2) is 6.49. The van der Waals surface area contributed by atoms with Gasteiger partial charge in [-0.15, -0.1) is 0 Å². The first-order valence-corrected chi connectivity index (χ1v) is 8.57. The van der Waals surface area contributed by atoms with Gasteiger partial charge in [-0.3, -0.25) is 9.40 Å². The molecular weight excluding hydrogens is 318 g/mol. The maximum Gasteiger partial charge on any atom is 0.265 e. The summed E-state index contributed by atoms with van der Waals surface area (Å²) in [5.74, 6) is 0.932. The van der Waals surface area contributed by atoms with Crippen LogP contribution in [0.4, 0.5) is 5.69 Å². The summed E-state index contributed by atoms with van der Waals surface area (Å²) in [6.45, 7) is 5.53. The first kappa shape index (κ1) is 17.1. The topological polar surface area (TPSA) is 82.5 Å². The van der Waals surface area contributed by atoms with Gasteiger partial charge in [-0.05, 0) is 32.9 Å². The van der Waals surface area contributed by atoms with E-state index in [1.54, 1.807) is 29.8 Å². The zero-order valence-corrected chi connectivity index (χ0v) is 14.6. The number of nitrogens with one attached hydrogen (secondary N) is 1. The average molecular weight is 339 g/mol. The van der Waals surface area contributed by atoms with Crippen LogP contribution in [0.15, 0.2) is 29.3 Å². The van der Waals surface area contributed by atoms with Crippen molar-refractivity contribution < 1.29 is 17.9 Å². The predicted octanol–water partition coefficient (Wildman–Crippen LogP) is 2.59. The molecule has 0 aliphatic rings. The van der Waals surface area contributed by atoms with Crippen molar-refractivity contribution in [1.82, 2.24) is 9.78 Å². The molecule has 1 aromatic carbocycles. The summed E-state index contributed by atoms with van der Waals surface area (Å²) in [4.78, 5) is 0.135. The van der Waals surface area contributed by atoms with E-state index in [1.165, 1.54) is 20.4 Å². The predicted molar refractivity (Wildman–Crippen MR) is 87.7 cm³/mol. The summed E-state index contributed by atoms with van der Waals surface area (Å²) in [5.41, 5.74) is 0.747. The molecule has 0 saturated heterocycles. The number of rotatable bonds is 6. The summed E-state index contributed by atoms with van der Waals surface area (Å²) in [5, 5.41) is 4.24. The molecule has 0 saturated carbocycles. The second-order valence-electron chi connectivity index (χ2n) is 5.32. The van der Waals surface area contributed by atoms with Crippen LogP contribution in [0.3, 0.4) is 0 Å². The summed E-state index contributed by atoms with van der Waals surface area (Å²) >= 11 is 0. The van der Waals surface area contributed by atoms with E-state index >= 15 is 0 Å². The quantitative estimate of drug-likeness (QED) is 0.875. The van der Waals surface area contributed by atoms with E-state index in [-0.39, 0.29) is 10.9 Å². The molecule has 0 radical (unpaired) electrons. The molecule has 0 aliphatic heterocycles. The Bertz CT molecular complexity index is 797. The van der Waals surface area contributed by atoms with Crippen LogP contribution < -0.4 is 14.2 Å². The average Bonchev–Trinajstić information content (AvgIpc) is 2.90. The largest absolute Gasteiger partial charge is 0.497 e. The molecule has 0 amide bonds. The Labute approximate surface area is 136 Å². The molecule has 23 heavy (non-hydrogen) atoms. The molecule has 1 heterocycles. The summed E-state index contributed by atoms with van der Waals surface area (Å²) < 4.78 is 39.8. The van der Waals surface area contributed by atoms with Crippen LogP contribution in [0.25, 0.3) is 0 Å². The van der Waals surface area contributed by atoms with Crippen LogP contribution >= 0.6 is 0 Å². The van der Waals surface area contributed by atoms with E-state index in [9.17, 15) is 8.42 Å². The van der Waals surface area contributed by atoms with Crippen LogP contribution in [-0.4, -0.2) is 32.4 Å². The lowest BCUT2D eigenvalue weighted by Crippen LogP contribution is -2.14. The molecule has 7 nitrogen and oxygen atoms in total. The summed E-state index contributed by atoms with van der Waals surface area (Å²) in [6, 6.07) is 4.97. The molecular formula is C15H21N3O4S. The lowest BCUT2D eigenvalue weighted by atomic mass is 10.3. The van der Waals surface area contributed by atoms with E-state index in [1.807, 2.05) is 13.8 Å². The minimum atomic E-state index is -3.78. The van der Waals surface area contributed by atoms with Crippen molar-refractivity contribution in [2.75, 3.05) is 18.9 Å². The van der Waals surface area contributed by atoms with Crippen LogP contribution in [0.5, 0.6) is 11.5 Å². The molecule has 0 unspecified atom stereocenters. The van der Waals surface area contributed by atoms with Crippen LogP contribution in [0, 0.1) is 6.92 Å². The molecule has 2 rings (SSSR count). The number of benzene rings is 1. The molecule has 1 N–H and O–H groups in total. The van der Waals surface area contributed by atoms with Crippen molar-refractivity contribution >= 4 is 15.7 Å². The smallest absolute Gasteiger partial charge is 0.265 e. The SMILES string of the molecule is COc1ccc(OC)c(NS(=O)(=O)c2cn(C(C)C)nc2C)c1. The Morgan fingerprint density at radius 2 is 1.91 bits per heavy atom. The minimum absolute atomic E-state index is 0.0732. The van der Waals surface area contributed by atoms with Crippen molar-refractivity contribution in [2.24, 2.45) is 0 Å². The van der Waals surface area contributed by atoms with E-state index < -0.39 is 10.0 Å². The highest BCUT2D eigenvalue weighted by Crippen LogP contribution is 2.31. The maximum atomic E-state index is 12.7. The van der Waals surface area contributed by atoms with Gasteiger partial charge in [0.1, 0.15) is 16.4 Å². The van der Waals surface area contributed by atoms with Gasteiger partial charge in [0.05, 0.1) is 25.6 Å². The number of sulfonamides is 1. The number of methoxy groups -OCH3 is 2. The fourth-order valence-electron chi connectivity index (χ4n) is 2.09. The van der Waals surface area contributed by atoms with E-state index in [0.717, 1.165) is 0 Å². The van der Waals surface area contributed by atoms with E-state index in [4.69, 9.17) is 9.47 Å². The Morgan fingerprint density at radius 1 is 1.22 bits per heavy atom. The van der Waals surface area contributed by atoms with Crippen molar-refractivity contribution in [3.8, 4) is 11.5 Å². The van der Waals surface area contributed by atoms with Crippen molar-refractivity contribution in [3.63, 3.8) is 0 Å². The van der Waals surface area contributed by atoms with Crippen molar-refractivity contribution in [1.29, 1.82) is 0 Å². The fraction of sp³-hybridized carbons (Fsp3) is 0.400. The molecule has 0 aliphatic carbocycles. The van der Waals surface area contributed by atoms with E-state index in [2.05, 4.69) is 9.82 Å². The third-order valence-electron chi connectivity index (χ3n) is 3.34. The zero-order chi connectivity index (χ0) is 17.2. The third kappa shape index (κ3) is 3.58. The lowest BCUT2D eigenvalue weighted by Gasteiger charge is -2.12. The fourth-order valence-corrected chi connectivity index (χ4v) is 3.32. The highest BCUT2D eigenvalue weighted by atomic mass is 32.2. The number of nitrogens with zero attached hydrogens (tertiary/aromatic N) is 2. The Hall–Kier alpha value is -2.22. The van der Waals surface area contributed by atoms with E-state index in [0.29, 0.717) is 22.9 Å². The molecule has 0 spiro atoms. The van der Waals surface area contributed by atoms with Gasteiger partial charge in [0, 0.05) is 18.3 Å². The highest BCUT2D eigenvalue weighted by molar-refractivity contribution is 7.92. The molecule has 2 aromatic rings. The van der Waals surface area contributed by atoms with Gasteiger partial charge in [0.25, 0.3) is 10.0 Å². The van der Waals surface area contributed by atoms with Crippen LogP contribution in [-0.2, 0) is 10.0 Å². The van der Waals surface area contributed by atoms with Crippen molar-refractivity contribution in [3.05, 3.63) is 30.1 Å². The minimum Gasteiger partial charge on any atom is -0.497 e. The molecule has 8 heteroatoms. The van der Waals surface area contributed by atoms with Gasteiger partial charge >= 0.3 is 0 Å². The number of ether oxygens (including phenoxy) is 2. The molecule has 0 bridgehead atoms. The first-order chi connectivity index (χ1) is 10.8. The summed E-state index contributed by atoms with van der Waals surface area (Å²) in [7, 11) is -0.798. The Balaban J connectivity index is 2.42. The highest BCUT2D eigenvalue weighted by Gasteiger charge is 2.22. The Morgan fingerprint density at radius 3 is 2.43 bits per heavy atom. The number of hydrogen-bond donors (Lipinski definition) is 1. The Kier molecular flexibility index (Phi) is 4.84. The third-order valence-corrected chi connectivity index (χ3v) is 4.81. The summed E-state index contributed by atoms with van der Waals surface area (Å²) in [6.07, 6.45) is 1.52. The van der Waals surface area contributed by atoms with Crippen LogP contribution in [0.2, 0.25) is 0 Å². The first-order valence-electron chi connectivity index (χ1n) is 7.09. The maximum absolute atomic E-state index is 12.7. The van der Waals surface area contributed by atoms with Gasteiger partial charge in [-0.1, -0.05) is 0 Å². The molecule has 1 aromatic heterocycles. The van der Waals surface area contributed by atoms with Gasteiger partial charge in [0.2, 0.25) is 0 Å². The number of anilines is 1. The molecule has 0 atom stereocenters. The standard InChI is InChI=1S/C15H21N3O4S/c1-10(2)18-9-15(11(3)16-18)23(19,20)17-13-8-12(21-4)6-7-14(13)22-5/h6-10,17H,1-5H3. The monoisotopic (exact) mass is 339 g/mol. The number of hydrogen-bond acceptors (Lipinski definition) is 5. The number of aromatic nitrogens is 2. The van der Waals surface area contributed by atoms with Gasteiger partial charge in [0.15, 0.2) is 0 Å². The second-order valence-corrected chi connectivity index (χ2v) is 6.98. The van der Waals surface area contributed by atoms with Gasteiger partial charge in [-0.25, -0.2) is 8.42 Å². The van der Waals surface area contributed by atoms with Gasteiger partial charge in [-0.2, -0.15) is 5.10 Å². The normalized spacial score (nSPS) is 11.6. The van der Waals surface area contributed by atoms with Crippen molar-refractivity contribution in [2.45, 2.75) is 31.7 Å².